The van der Waals surface area contributed by atoms with Crippen molar-refractivity contribution in [2.24, 2.45) is 7.05 Å². The minimum atomic E-state index is 0.0244. The number of hydrogen-bond donors (Lipinski definition) is 0. The summed E-state index contributed by atoms with van der Waals surface area (Å²) in [5.41, 5.74) is 2.45. The predicted octanol–water partition coefficient (Wildman–Crippen LogP) is 3.65. The van der Waals surface area contributed by atoms with Crippen molar-refractivity contribution >= 4 is 28.3 Å². The highest BCUT2D eigenvalue weighted by Crippen LogP contribution is 2.20. The van der Waals surface area contributed by atoms with E-state index in [1.54, 1.807) is 28.9 Å². The molecular weight excluding hydrogens is 272 g/mol. The maximum atomic E-state index is 12.3. The Labute approximate surface area is 121 Å². The highest BCUT2D eigenvalue weighted by molar-refractivity contribution is 6.31. The van der Waals surface area contributed by atoms with Crippen LogP contribution >= 0.6 is 11.6 Å². The van der Waals surface area contributed by atoms with Crippen molar-refractivity contribution in [3.63, 3.8) is 0 Å². The first-order valence-corrected chi connectivity index (χ1v) is 6.72. The number of Topliss-reactive ketones (excluding diaryl/α,β-unsaturated/α-hetero) is 1. The van der Waals surface area contributed by atoms with Crippen LogP contribution in [-0.4, -0.2) is 15.6 Å². The highest BCUT2D eigenvalue weighted by Gasteiger charge is 2.13. The first-order chi connectivity index (χ1) is 9.65. The van der Waals surface area contributed by atoms with E-state index in [1.165, 1.54) is 0 Å². The van der Waals surface area contributed by atoms with Crippen LogP contribution in [0.25, 0.3) is 10.9 Å². The van der Waals surface area contributed by atoms with Crippen molar-refractivity contribution in [2.45, 2.75) is 6.42 Å². The van der Waals surface area contributed by atoms with E-state index in [1.807, 2.05) is 31.3 Å². The van der Waals surface area contributed by atoms with Crippen molar-refractivity contribution in [1.29, 1.82) is 0 Å². The summed E-state index contributed by atoms with van der Waals surface area (Å²) >= 11 is 5.92. The fourth-order valence-corrected chi connectivity index (χ4v) is 2.53. The number of rotatable bonds is 3. The topological polar surface area (TPSA) is 34.9 Å². The quantitative estimate of drug-likeness (QED) is 0.688. The number of fused-ring (bicyclic) bond motifs is 1. The molecule has 0 radical (unpaired) electrons. The molecule has 3 nitrogen and oxygen atoms in total. The number of aromatic nitrogens is 2. The number of aryl methyl sites for hydroxylation is 1. The molecule has 100 valence electrons. The first-order valence-electron chi connectivity index (χ1n) is 6.34. The lowest BCUT2D eigenvalue weighted by Crippen LogP contribution is -2.04. The first kappa shape index (κ1) is 12.9. The molecule has 1 heterocycles. The lowest BCUT2D eigenvalue weighted by Gasteiger charge is -2.00. The molecule has 0 bridgehead atoms. The molecule has 1 aromatic heterocycles. The Morgan fingerprint density at radius 3 is 2.80 bits per heavy atom. The van der Waals surface area contributed by atoms with E-state index in [0.29, 0.717) is 10.6 Å². The van der Waals surface area contributed by atoms with Gasteiger partial charge in [-0.15, -0.1) is 0 Å². The van der Waals surface area contributed by atoms with Crippen LogP contribution in [0.15, 0.2) is 48.5 Å². The van der Waals surface area contributed by atoms with Gasteiger partial charge in [0.25, 0.3) is 0 Å². The van der Waals surface area contributed by atoms with Gasteiger partial charge in [0.1, 0.15) is 0 Å². The van der Waals surface area contributed by atoms with E-state index in [9.17, 15) is 4.79 Å². The van der Waals surface area contributed by atoms with Crippen LogP contribution in [0, 0.1) is 0 Å². The van der Waals surface area contributed by atoms with Gasteiger partial charge < -0.3 is 0 Å². The minimum Gasteiger partial charge on any atom is -0.294 e. The molecule has 4 heteroatoms. The molecule has 2 aromatic carbocycles. The number of para-hydroxylation sites is 1. The fourth-order valence-electron chi connectivity index (χ4n) is 2.34. The summed E-state index contributed by atoms with van der Waals surface area (Å²) < 4.78 is 1.80. The SMILES string of the molecule is Cn1nc(CC(=O)c2cccc(Cl)c2)c2ccccc21. The fraction of sp³-hybridized carbons (Fsp3) is 0.125. The molecule has 0 fully saturated rings. The monoisotopic (exact) mass is 284 g/mol. The standard InChI is InChI=1S/C16H13ClN2O/c1-19-15-8-3-2-7-13(15)14(18-19)10-16(20)11-5-4-6-12(17)9-11/h2-9H,10H2,1H3. The zero-order valence-corrected chi connectivity index (χ0v) is 11.8. The van der Waals surface area contributed by atoms with E-state index in [0.717, 1.165) is 16.6 Å². The molecular formula is C16H13ClN2O. The van der Waals surface area contributed by atoms with Crippen molar-refractivity contribution in [1.82, 2.24) is 9.78 Å². The molecule has 0 spiro atoms. The van der Waals surface area contributed by atoms with Crippen LogP contribution < -0.4 is 0 Å². The van der Waals surface area contributed by atoms with Gasteiger partial charge >= 0.3 is 0 Å². The van der Waals surface area contributed by atoms with Crippen molar-refractivity contribution < 1.29 is 4.79 Å². The Morgan fingerprint density at radius 1 is 1.20 bits per heavy atom. The second kappa shape index (κ2) is 5.10. The molecule has 0 saturated carbocycles. The minimum absolute atomic E-state index is 0.0244. The third-order valence-corrected chi connectivity index (χ3v) is 3.54. The van der Waals surface area contributed by atoms with Crippen LogP contribution in [0.4, 0.5) is 0 Å². The molecule has 0 aliphatic heterocycles. The zero-order valence-electron chi connectivity index (χ0n) is 11.0. The molecule has 0 aliphatic rings. The van der Waals surface area contributed by atoms with Gasteiger partial charge in [0.2, 0.25) is 0 Å². The average Bonchev–Trinajstić information content (AvgIpc) is 2.76. The molecule has 0 aliphatic carbocycles. The van der Waals surface area contributed by atoms with E-state index in [4.69, 9.17) is 11.6 Å². The summed E-state index contributed by atoms with van der Waals surface area (Å²) in [5, 5.41) is 6.03. The van der Waals surface area contributed by atoms with Gasteiger partial charge in [0.15, 0.2) is 5.78 Å². The lowest BCUT2D eigenvalue weighted by molar-refractivity contribution is 0.0992. The summed E-state index contributed by atoms with van der Waals surface area (Å²) in [5.74, 6) is 0.0244. The van der Waals surface area contributed by atoms with Crippen LogP contribution in [0.1, 0.15) is 16.1 Å². The van der Waals surface area contributed by atoms with E-state index in [-0.39, 0.29) is 12.2 Å². The van der Waals surface area contributed by atoms with Gasteiger partial charge in [-0.25, -0.2) is 0 Å². The Balaban J connectivity index is 1.95. The van der Waals surface area contributed by atoms with Crippen LogP contribution in [-0.2, 0) is 13.5 Å². The summed E-state index contributed by atoms with van der Waals surface area (Å²) in [6.45, 7) is 0. The predicted molar refractivity (Wildman–Crippen MR) is 80.2 cm³/mol. The molecule has 3 rings (SSSR count). The summed E-state index contributed by atoms with van der Waals surface area (Å²) in [7, 11) is 1.88. The van der Waals surface area contributed by atoms with Gasteiger partial charge in [-0.05, 0) is 18.2 Å². The Hall–Kier alpha value is -2.13. The van der Waals surface area contributed by atoms with Crippen LogP contribution in [0.3, 0.4) is 0 Å². The Bertz CT molecular complexity index is 792. The largest absolute Gasteiger partial charge is 0.294 e. The van der Waals surface area contributed by atoms with Gasteiger partial charge in [0.05, 0.1) is 17.6 Å². The second-order valence-corrected chi connectivity index (χ2v) is 5.13. The number of ketones is 1. The molecule has 0 amide bonds. The van der Waals surface area contributed by atoms with Gasteiger partial charge in [-0.2, -0.15) is 5.10 Å². The van der Waals surface area contributed by atoms with Crippen LogP contribution in [0.5, 0.6) is 0 Å². The lowest BCUT2D eigenvalue weighted by atomic mass is 10.0. The maximum absolute atomic E-state index is 12.3. The van der Waals surface area contributed by atoms with E-state index in [2.05, 4.69) is 5.10 Å². The molecule has 0 saturated heterocycles. The molecule has 0 unspecified atom stereocenters. The third kappa shape index (κ3) is 2.32. The molecule has 0 N–H and O–H groups in total. The third-order valence-electron chi connectivity index (χ3n) is 3.31. The van der Waals surface area contributed by atoms with E-state index < -0.39 is 0 Å². The van der Waals surface area contributed by atoms with Crippen molar-refractivity contribution in [3.8, 4) is 0 Å². The van der Waals surface area contributed by atoms with Gasteiger partial charge in [-0.1, -0.05) is 41.9 Å². The Morgan fingerprint density at radius 2 is 2.00 bits per heavy atom. The average molecular weight is 285 g/mol. The van der Waals surface area contributed by atoms with Crippen molar-refractivity contribution in [3.05, 3.63) is 64.8 Å². The maximum Gasteiger partial charge on any atom is 0.168 e. The normalized spacial score (nSPS) is 10.9. The number of carbonyl (C=O) groups excluding carboxylic acids is 1. The van der Waals surface area contributed by atoms with E-state index >= 15 is 0 Å². The van der Waals surface area contributed by atoms with Crippen LogP contribution in [0.2, 0.25) is 5.02 Å². The Kier molecular flexibility index (Phi) is 3.28. The molecule has 3 aromatic rings. The number of nitrogens with zero attached hydrogens (tertiary/aromatic N) is 2. The highest BCUT2D eigenvalue weighted by atomic mass is 35.5. The van der Waals surface area contributed by atoms with Crippen molar-refractivity contribution in [2.75, 3.05) is 0 Å². The second-order valence-electron chi connectivity index (χ2n) is 4.70. The number of hydrogen-bond acceptors (Lipinski definition) is 2. The summed E-state index contributed by atoms with van der Waals surface area (Å²) in [6, 6.07) is 14.9. The number of carbonyl (C=O) groups is 1. The number of benzene rings is 2. The smallest absolute Gasteiger partial charge is 0.168 e. The van der Waals surface area contributed by atoms with Gasteiger partial charge in [-0.3, -0.25) is 9.48 Å². The number of halogens is 1. The zero-order chi connectivity index (χ0) is 14.1. The molecule has 0 atom stereocenters. The summed E-state index contributed by atoms with van der Waals surface area (Å²) in [4.78, 5) is 12.3. The van der Waals surface area contributed by atoms with Gasteiger partial charge in [0, 0.05) is 23.0 Å². The summed E-state index contributed by atoms with van der Waals surface area (Å²) in [6.07, 6.45) is 0.279. The molecule has 20 heavy (non-hydrogen) atoms.